The molecule has 22 heavy (non-hydrogen) atoms. The van der Waals surface area contributed by atoms with Gasteiger partial charge in [0.05, 0.1) is 27.8 Å². The summed E-state index contributed by atoms with van der Waals surface area (Å²) in [5.41, 5.74) is -0.00709. The maximum Gasteiger partial charge on any atom is 0.328 e. The molecule has 6 nitrogen and oxygen atoms in total. The number of esters is 1. The first-order valence-electron chi connectivity index (χ1n) is 6.72. The largest absolute Gasteiger partial charge is 0.464 e. The SMILES string of the molecule is CCOC(=O)[C@H](C)NC(=O)c1cc(S(=O)(=O)CC)ccc1Cl. The maximum atomic E-state index is 12.2. The van der Waals surface area contributed by atoms with Gasteiger partial charge in [0, 0.05) is 0 Å². The summed E-state index contributed by atoms with van der Waals surface area (Å²) in [6, 6.07) is 3.02. The number of ether oxygens (including phenoxy) is 1. The number of rotatable bonds is 6. The van der Waals surface area contributed by atoms with Crippen LogP contribution in [-0.2, 0) is 19.4 Å². The molecule has 0 radical (unpaired) electrons. The third-order valence-corrected chi connectivity index (χ3v) is 4.97. The number of hydrogen-bond acceptors (Lipinski definition) is 5. The van der Waals surface area contributed by atoms with Gasteiger partial charge in [-0.2, -0.15) is 0 Å². The highest BCUT2D eigenvalue weighted by atomic mass is 35.5. The summed E-state index contributed by atoms with van der Waals surface area (Å²) in [4.78, 5) is 23.7. The smallest absolute Gasteiger partial charge is 0.328 e. The van der Waals surface area contributed by atoms with Gasteiger partial charge in [-0.25, -0.2) is 13.2 Å². The third kappa shape index (κ3) is 4.45. The molecule has 1 aromatic rings. The lowest BCUT2D eigenvalue weighted by atomic mass is 10.2. The minimum atomic E-state index is -3.45. The Hall–Kier alpha value is -1.60. The Bertz CT molecular complexity index is 672. The molecule has 0 bridgehead atoms. The number of carbonyl (C=O) groups is 2. The van der Waals surface area contributed by atoms with Gasteiger partial charge in [-0.15, -0.1) is 0 Å². The van der Waals surface area contributed by atoms with Crippen molar-refractivity contribution in [3.05, 3.63) is 28.8 Å². The molecule has 0 heterocycles. The molecule has 0 fully saturated rings. The van der Waals surface area contributed by atoms with Crippen molar-refractivity contribution < 1.29 is 22.7 Å². The van der Waals surface area contributed by atoms with E-state index in [2.05, 4.69) is 5.32 Å². The fourth-order valence-corrected chi connectivity index (χ4v) is 2.75. The number of hydrogen-bond donors (Lipinski definition) is 1. The van der Waals surface area contributed by atoms with E-state index >= 15 is 0 Å². The van der Waals surface area contributed by atoms with Crippen molar-refractivity contribution >= 4 is 33.3 Å². The van der Waals surface area contributed by atoms with E-state index in [0.29, 0.717) is 0 Å². The highest BCUT2D eigenvalue weighted by Gasteiger charge is 2.21. The number of nitrogens with one attached hydrogen (secondary N) is 1. The second kappa shape index (κ2) is 7.60. The minimum absolute atomic E-state index is 0.00709. The maximum absolute atomic E-state index is 12.2. The Morgan fingerprint density at radius 1 is 1.32 bits per heavy atom. The standard InChI is InChI=1S/C14H18ClNO5S/c1-4-21-14(18)9(3)16-13(17)11-8-10(6-7-12(11)15)22(19,20)5-2/h6-9H,4-5H2,1-3H3,(H,16,17)/t9-/m0/s1. The lowest BCUT2D eigenvalue weighted by Gasteiger charge is -2.14. The minimum Gasteiger partial charge on any atom is -0.464 e. The van der Waals surface area contributed by atoms with Gasteiger partial charge in [-0.05, 0) is 32.0 Å². The van der Waals surface area contributed by atoms with Crippen LogP contribution in [0.25, 0.3) is 0 Å². The Morgan fingerprint density at radius 2 is 1.95 bits per heavy atom. The molecule has 0 unspecified atom stereocenters. The van der Waals surface area contributed by atoms with E-state index in [1.807, 2.05) is 0 Å². The van der Waals surface area contributed by atoms with Crippen molar-refractivity contribution in [2.24, 2.45) is 0 Å². The van der Waals surface area contributed by atoms with Crippen LogP contribution in [0.3, 0.4) is 0 Å². The number of halogens is 1. The first-order valence-corrected chi connectivity index (χ1v) is 8.75. The summed E-state index contributed by atoms with van der Waals surface area (Å²) in [6.45, 7) is 4.83. The highest BCUT2D eigenvalue weighted by molar-refractivity contribution is 7.91. The lowest BCUT2D eigenvalue weighted by molar-refractivity contribution is -0.144. The molecule has 0 aliphatic carbocycles. The molecule has 0 aliphatic rings. The van der Waals surface area contributed by atoms with Gasteiger partial charge in [0.2, 0.25) is 0 Å². The molecule has 0 saturated heterocycles. The van der Waals surface area contributed by atoms with Crippen molar-refractivity contribution in [2.45, 2.75) is 31.7 Å². The molecular weight excluding hydrogens is 330 g/mol. The summed E-state index contributed by atoms with van der Waals surface area (Å²) in [5, 5.41) is 2.53. The van der Waals surface area contributed by atoms with Crippen LogP contribution < -0.4 is 5.32 Å². The predicted octanol–water partition coefficient (Wildman–Crippen LogP) is 1.81. The van der Waals surface area contributed by atoms with Gasteiger partial charge >= 0.3 is 5.97 Å². The van der Waals surface area contributed by atoms with Crippen molar-refractivity contribution in [1.82, 2.24) is 5.32 Å². The molecule has 1 amide bonds. The molecule has 1 N–H and O–H groups in total. The van der Waals surface area contributed by atoms with Crippen LogP contribution in [0.5, 0.6) is 0 Å². The first-order chi connectivity index (χ1) is 10.2. The van der Waals surface area contributed by atoms with E-state index in [0.717, 1.165) is 0 Å². The molecule has 1 atom stereocenters. The van der Waals surface area contributed by atoms with Crippen LogP contribution in [-0.4, -0.2) is 38.7 Å². The molecular formula is C14H18ClNO5S. The second-order valence-corrected chi connectivity index (χ2v) is 7.18. The van der Waals surface area contributed by atoms with Crippen molar-refractivity contribution in [3.8, 4) is 0 Å². The van der Waals surface area contributed by atoms with Crippen LogP contribution in [0, 0.1) is 0 Å². The van der Waals surface area contributed by atoms with Crippen LogP contribution in [0.2, 0.25) is 5.02 Å². The zero-order chi connectivity index (χ0) is 16.9. The number of benzene rings is 1. The Kier molecular flexibility index (Phi) is 6.37. The van der Waals surface area contributed by atoms with Gasteiger partial charge < -0.3 is 10.1 Å². The molecule has 0 saturated carbocycles. The quantitative estimate of drug-likeness (QED) is 0.793. The van der Waals surface area contributed by atoms with E-state index in [1.54, 1.807) is 6.92 Å². The molecule has 122 valence electrons. The monoisotopic (exact) mass is 347 g/mol. The zero-order valence-corrected chi connectivity index (χ0v) is 14.1. The van der Waals surface area contributed by atoms with E-state index in [-0.39, 0.29) is 27.8 Å². The van der Waals surface area contributed by atoms with Crippen LogP contribution in [0.1, 0.15) is 31.1 Å². The topological polar surface area (TPSA) is 89.5 Å². The highest BCUT2D eigenvalue weighted by Crippen LogP contribution is 2.21. The Labute approximate surface area is 134 Å². The summed E-state index contributed by atoms with van der Waals surface area (Å²) < 4.78 is 28.5. The van der Waals surface area contributed by atoms with E-state index in [1.165, 1.54) is 32.0 Å². The number of carbonyl (C=O) groups excluding carboxylic acids is 2. The molecule has 1 rings (SSSR count). The van der Waals surface area contributed by atoms with Crippen LogP contribution >= 0.6 is 11.6 Å². The average Bonchev–Trinajstić information content (AvgIpc) is 2.47. The van der Waals surface area contributed by atoms with E-state index in [9.17, 15) is 18.0 Å². The Morgan fingerprint density at radius 3 is 2.50 bits per heavy atom. The predicted molar refractivity (Wildman–Crippen MR) is 82.7 cm³/mol. The van der Waals surface area contributed by atoms with Crippen molar-refractivity contribution in [2.75, 3.05) is 12.4 Å². The van der Waals surface area contributed by atoms with Gasteiger partial charge in [0.25, 0.3) is 5.91 Å². The normalized spacial score (nSPS) is 12.5. The van der Waals surface area contributed by atoms with Gasteiger partial charge in [-0.3, -0.25) is 4.79 Å². The summed E-state index contributed by atoms with van der Waals surface area (Å²) in [7, 11) is -3.45. The van der Waals surface area contributed by atoms with E-state index < -0.39 is 27.8 Å². The summed E-state index contributed by atoms with van der Waals surface area (Å²) >= 11 is 5.94. The second-order valence-electron chi connectivity index (χ2n) is 4.49. The fraction of sp³-hybridized carbons (Fsp3) is 0.429. The molecule has 1 aromatic carbocycles. The Balaban J connectivity index is 3.03. The van der Waals surface area contributed by atoms with Crippen LogP contribution in [0.4, 0.5) is 0 Å². The number of sulfone groups is 1. The van der Waals surface area contributed by atoms with Gasteiger partial charge in [0.1, 0.15) is 6.04 Å². The molecule has 0 aliphatic heterocycles. The van der Waals surface area contributed by atoms with Crippen LogP contribution in [0.15, 0.2) is 23.1 Å². The third-order valence-electron chi connectivity index (χ3n) is 2.91. The summed E-state index contributed by atoms with van der Waals surface area (Å²) in [6.07, 6.45) is 0. The summed E-state index contributed by atoms with van der Waals surface area (Å²) in [5.74, 6) is -1.31. The fourth-order valence-electron chi connectivity index (χ4n) is 1.64. The molecule has 0 aromatic heterocycles. The first kappa shape index (κ1) is 18.4. The average molecular weight is 348 g/mol. The molecule has 8 heteroatoms. The lowest BCUT2D eigenvalue weighted by Crippen LogP contribution is -2.39. The number of amides is 1. The van der Waals surface area contributed by atoms with Crippen molar-refractivity contribution in [3.63, 3.8) is 0 Å². The molecule has 0 spiro atoms. The van der Waals surface area contributed by atoms with Gasteiger partial charge in [-0.1, -0.05) is 18.5 Å². The van der Waals surface area contributed by atoms with Gasteiger partial charge in [0.15, 0.2) is 9.84 Å². The van der Waals surface area contributed by atoms with Crippen molar-refractivity contribution in [1.29, 1.82) is 0 Å². The zero-order valence-electron chi connectivity index (χ0n) is 12.6. The van der Waals surface area contributed by atoms with E-state index in [4.69, 9.17) is 16.3 Å².